The third kappa shape index (κ3) is 2.98. The van der Waals surface area contributed by atoms with E-state index in [0.717, 1.165) is 4.90 Å². The van der Waals surface area contributed by atoms with E-state index >= 15 is 0 Å². The lowest BCUT2D eigenvalue weighted by atomic mass is 10.1. The predicted octanol–water partition coefficient (Wildman–Crippen LogP) is 2.05. The van der Waals surface area contributed by atoms with Crippen LogP contribution in [-0.2, 0) is 4.79 Å². The van der Waals surface area contributed by atoms with Gasteiger partial charge in [-0.15, -0.1) is 0 Å². The normalized spacial score (nSPS) is 17.5. The second-order valence-corrected chi connectivity index (χ2v) is 5.25. The van der Waals surface area contributed by atoms with E-state index < -0.39 is 5.54 Å². The van der Waals surface area contributed by atoms with Crippen LogP contribution in [-0.4, -0.2) is 35.5 Å². The summed E-state index contributed by atoms with van der Waals surface area (Å²) in [6, 6.07) is 6.52. The molecule has 2 rings (SSSR count). The first-order valence-corrected chi connectivity index (χ1v) is 6.30. The highest BCUT2D eigenvalue weighted by atomic mass is 35.5. The number of imide groups is 1. The fourth-order valence-electron chi connectivity index (χ4n) is 1.81. The van der Waals surface area contributed by atoms with Gasteiger partial charge in [-0.25, -0.2) is 4.79 Å². The second-order valence-electron chi connectivity index (χ2n) is 4.81. The van der Waals surface area contributed by atoms with Gasteiger partial charge < -0.3 is 10.1 Å². The lowest BCUT2D eigenvalue weighted by Crippen LogP contribution is -2.40. The molecule has 19 heavy (non-hydrogen) atoms. The number of halogens is 1. The summed E-state index contributed by atoms with van der Waals surface area (Å²) in [4.78, 5) is 24.7. The zero-order valence-corrected chi connectivity index (χ0v) is 11.5. The van der Waals surface area contributed by atoms with E-state index in [4.69, 9.17) is 16.3 Å². The van der Waals surface area contributed by atoms with Crippen LogP contribution in [0.3, 0.4) is 0 Å². The third-order valence-corrected chi connectivity index (χ3v) is 3.09. The maximum atomic E-state index is 11.9. The molecule has 5 nitrogen and oxygen atoms in total. The van der Waals surface area contributed by atoms with Crippen molar-refractivity contribution in [2.75, 3.05) is 13.2 Å². The first-order valence-electron chi connectivity index (χ1n) is 5.92. The fourth-order valence-corrected chi connectivity index (χ4v) is 1.93. The SMILES string of the molecule is CC1(C)NC(=O)N(CCOc2ccc(Cl)cc2)C1=O. The molecular weight excluding hydrogens is 268 g/mol. The molecule has 1 saturated heterocycles. The largest absolute Gasteiger partial charge is 0.492 e. The van der Waals surface area contributed by atoms with E-state index in [1.165, 1.54) is 0 Å². The van der Waals surface area contributed by atoms with Gasteiger partial charge in [0.1, 0.15) is 17.9 Å². The highest BCUT2D eigenvalue weighted by Crippen LogP contribution is 2.17. The summed E-state index contributed by atoms with van der Waals surface area (Å²) < 4.78 is 5.46. The summed E-state index contributed by atoms with van der Waals surface area (Å²) in [5, 5.41) is 3.24. The van der Waals surface area contributed by atoms with Crippen molar-refractivity contribution in [2.45, 2.75) is 19.4 Å². The van der Waals surface area contributed by atoms with E-state index in [1.54, 1.807) is 38.1 Å². The number of carbonyl (C=O) groups is 2. The van der Waals surface area contributed by atoms with Crippen LogP contribution >= 0.6 is 11.6 Å². The summed E-state index contributed by atoms with van der Waals surface area (Å²) in [6.07, 6.45) is 0. The number of rotatable bonds is 4. The van der Waals surface area contributed by atoms with Gasteiger partial charge in [-0.3, -0.25) is 9.69 Å². The van der Waals surface area contributed by atoms with E-state index in [1.807, 2.05) is 0 Å². The second kappa shape index (κ2) is 5.09. The van der Waals surface area contributed by atoms with Crippen LogP contribution in [0, 0.1) is 0 Å². The van der Waals surface area contributed by atoms with Crippen molar-refractivity contribution in [3.63, 3.8) is 0 Å². The van der Waals surface area contributed by atoms with Crippen LogP contribution in [0.2, 0.25) is 5.02 Å². The highest BCUT2D eigenvalue weighted by Gasteiger charge is 2.43. The van der Waals surface area contributed by atoms with Crippen LogP contribution in [0.4, 0.5) is 4.79 Å². The maximum Gasteiger partial charge on any atom is 0.325 e. The molecule has 3 amide bonds. The molecule has 0 aliphatic carbocycles. The molecule has 1 aromatic rings. The molecule has 0 saturated carbocycles. The van der Waals surface area contributed by atoms with E-state index in [2.05, 4.69) is 5.32 Å². The van der Waals surface area contributed by atoms with Gasteiger partial charge >= 0.3 is 6.03 Å². The lowest BCUT2D eigenvalue weighted by molar-refractivity contribution is -0.130. The third-order valence-electron chi connectivity index (χ3n) is 2.84. The molecule has 1 aliphatic heterocycles. The van der Waals surface area contributed by atoms with Crippen molar-refractivity contribution >= 4 is 23.5 Å². The molecular formula is C13H15ClN2O3. The fraction of sp³-hybridized carbons (Fsp3) is 0.385. The molecule has 0 bridgehead atoms. The van der Waals surface area contributed by atoms with Gasteiger partial charge in [-0.05, 0) is 38.1 Å². The molecule has 1 heterocycles. The molecule has 102 valence electrons. The van der Waals surface area contributed by atoms with Gasteiger partial charge in [0.2, 0.25) is 0 Å². The highest BCUT2D eigenvalue weighted by molar-refractivity contribution is 6.30. The Kier molecular flexibility index (Phi) is 3.66. The predicted molar refractivity (Wildman–Crippen MR) is 71.3 cm³/mol. The minimum Gasteiger partial charge on any atom is -0.492 e. The summed E-state index contributed by atoms with van der Waals surface area (Å²) in [5.41, 5.74) is -0.836. The van der Waals surface area contributed by atoms with Crippen LogP contribution in [0.15, 0.2) is 24.3 Å². The van der Waals surface area contributed by atoms with Crippen molar-refractivity contribution in [1.82, 2.24) is 10.2 Å². The van der Waals surface area contributed by atoms with Crippen LogP contribution < -0.4 is 10.1 Å². The first-order chi connectivity index (χ1) is 8.90. The summed E-state index contributed by atoms with van der Waals surface area (Å²) >= 11 is 5.76. The standard InChI is InChI=1S/C13H15ClN2O3/c1-13(2)11(17)16(12(18)15-13)7-8-19-10-5-3-9(14)4-6-10/h3-6H,7-8H2,1-2H3,(H,15,18). The average Bonchev–Trinajstić information content (AvgIpc) is 2.53. The quantitative estimate of drug-likeness (QED) is 0.860. The molecule has 1 aliphatic rings. The summed E-state index contributed by atoms with van der Waals surface area (Å²) in [5.74, 6) is 0.410. The van der Waals surface area contributed by atoms with Crippen LogP contribution in [0.25, 0.3) is 0 Å². The summed E-state index contributed by atoms with van der Waals surface area (Å²) in [6.45, 7) is 3.81. The van der Waals surface area contributed by atoms with E-state index in [0.29, 0.717) is 10.8 Å². The van der Waals surface area contributed by atoms with Crippen molar-refractivity contribution in [3.05, 3.63) is 29.3 Å². The summed E-state index contributed by atoms with van der Waals surface area (Å²) in [7, 11) is 0. The number of hydrogen-bond acceptors (Lipinski definition) is 3. The Morgan fingerprint density at radius 1 is 1.26 bits per heavy atom. The van der Waals surface area contributed by atoms with Crippen molar-refractivity contribution in [2.24, 2.45) is 0 Å². The maximum absolute atomic E-state index is 11.9. The molecule has 0 aromatic heterocycles. The minimum absolute atomic E-state index is 0.219. The Morgan fingerprint density at radius 3 is 2.42 bits per heavy atom. The zero-order chi connectivity index (χ0) is 14.0. The number of ether oxygens (including phenoxy) is 1. The van der Waals surface area contributed by atoms with Gasteiger partial charge in [-0.2, -0.15) is 0 Å². The van der Waals surface area contributed by atoms with Gasteiger partial charge in [-0.1, -0.05) is 11.6 Å². The van der Waals surface area contributed by atoms with Gasteiger partial charge in [0, 0.05) is 5.02 Å². The molecule has 0 unspecified atom stereocenters. The molecule has 6 heteroatoms. The lowest BCUT2D eigenvalue weighted by Gasteiger charge is -2.16. The number of urea groups is 1. The molecule has 0 radical (unpaired) electrons. The Bertz CT molecular complexity index is 499. The first kappa shape index (κ1) is 13.7. The van der Waals surface area contributed by atoms with Crippen molar-refractivity contribution < 1.29 is 14.3 Å². The Balaban J connectivity index is 1.88. The number of hydrogen-bond donors (Lipinski definition) is 1. The number of nitrogens with one attached hydrogen (secondary N) is 1. The van der Waals surface area contributed by atoms with Gasteiger partial charge in [0.15, 0.2) is 0 Å². The molecule has 1 N–H and O–H groups in total. The van der Waals surface area contributed by atoms with Crippen LogP contribution in [0.5, 0.6) is 5.75 Å². The number of carbonyl (C=O) groups excluding carboxylic acids is 2. The smallest absolute Gasteiger partial charge is 0.325 e. The average molecular weight is 283 g/mol. The topological polar surface area (TPSA) is 58.6 Å². The number of nitrogens with zero attached hydrogens (tertiary/aromatic N) is 1. The van der Waals surface area contributed by atoms with Crippen LogP contribution in [0.1, 0.15) is 13.8 Å². The number of amides is 3. The minimum atomic E-state index is -0.836. The molecule has 1 aromatic carbocycles. The van der Waals surface area contributed by atoms with E-state index in [-0.39, 0.29) is 25.1 Å². The van der Waals surface area contributed by atoms with Crippen molar-refractivity contribution in [1.29, 1.82) is 0 Å². The van der Waals surface area contributed by atoms with Gasteiger partial charge in [0.05, 0.1) is 6.54 Å². The number of benzene rings is 1. The van der Waals surface area contributed by atoms with Gasteiger partial charge in [0.25, 0.3) is 5.91 Å². The zero-order valence-electron chi connectivity index (χ0n) is 10.8. The Hall–Kier alpha value is -1.75. The molecule has 0 atom stereocenters. The van der Waals surface area contributed by atoms with Crippen molar-refractivity contribution in [3.8, 4) is 5.75 Å². The Morgan fingerprint density at radius 2 is 1.89 bits per heavy atom. The monoisotopic (exact) mass is 282 g/mol. The Labute approximate surface area is 116 Å². The van der Waals surface area contributed by atoms with E-state index in [9.17, 15) is 9.59 Å². The molecule has 0 spiro atoms. The molecule has 1 fully saturated rings.